The molecule has 0 spiro atoms. The summed E-state index contributed by atoms with van der Waals surface area (Å²) in [5.74, 6) is 1.54. The molecular formula is C14H18BrClO4. The molecule has 1 fully saturated rings. The molecule has 2 rings (SSSR count). The zero-order valence-corrected chi connectivity index (χ0v) is 13.8. The summed E-state index contributed by atoms with van der Waals surface area (Å²) in [6.45, 7) is 1.08. The average molecular weight is 366 g/mol. The van der Waals surface area contributed by atoms with E-state index >= 15 is 0 Å². The van der Waals surface area contributed by atoms with Crippen molar-refractivity contribution in [2.45, 2.75) is 24.0 Å². The first-order valence-electron chi connectivity index (χ1n) is 6.40. The standard InChI is InChI=1S/C14H18BrClO4/c1-17-5-6-19-14-11(16)8-13(14)20-12-4-3-9(18-2)7-10(12)15/h3-4,7,11,13-14H,5-6,8H2,1-2H3. The van der Waals surface area contributed by atoms with Crippen molar-refractivity contribution in [1.82, 2.24) is 0 Å². The predicted molar refractivity (Wildman–Crippen MR) is 81.0 cm³/mol. The van der Waals surface area contributed by atoms with E-state index < -0.39 is 0 Å². The first-order chi connectivity index (χ1) is 9.65. The van der Waals surface area contributed by atoms with E-state index in [1.165, 1.54) is 0 Å². The second-order valence-corrected chi connectivity index (χ2v) is 5.95. The third kappa shape index (κ3) is 3.79. The van der Waals surface area contributed by atoms with Gasteiger partial charge in [-0.05, 0) is 34.1 Å². The number of alkyl halides is 1. The number of benzene rings is 1. The lowest BCUT2D eigenvalue weighted by Crippen LogP contribution is -2.53. The van der Waals surface area contributed by atoms with Crippen LogP contribution in [0.1, 0.15) is 6.42 Å². The maximum Gasteiger partial charge on any atom is 0.134 e. The van der Waals surface area contributed by atoms with E-state index in [9.17, 15) is 0 Å². The molecule has 3 unspecified atom stereocenters. The lowest BCUT2D eigenvalue weighted by Gasteiger charge is -2.40. The fourth-order valence-corrected chi connectivity index (χ4v) is 2.85. The van der Waals surface area contributed by atoms with E-state index in [4.69, 9.17) is 30.5 Å². The molecule has 0 heterocycles. The van der Waals surface area contributed by atoms with Crippen LogP contribution in [0, 0.1) is 0 Å². The van der Waals surface area contributed by atoms with Gasteiger partial charge < -0.3 is 18.9 Å². The summed E-state index contributed by atoms with van der Waals surface area (Å²) in [4.78, 5) is 0. The molecule has 0 amide bonds. The number of hydrogen-bond donors (Lipinski definition) is 0. The molecule has 112 valence electrons. The van der Waals surface area contributed by atoms with Crippen molar-refractivity contribution in [1.29, 1.82) is 0 Å². The van der Waals surface area contributed by atoms with E-state index in [-0.39, 0.29) is 17.6 Å². The molecule has 0 aromatic heterocycles. The summed E-state index contributed by atoms with van der Waals surface area (Å²) in [7, 11) is 3.27. The Morgan fingerprint density at radius 1 is 1.30 bits per heavy atom. The van der Waals surface area contributed by atoms with Gasteiger partial charge in [-0.3, -0.25) is 0 Å². The Kier molecular flexibility index (Phi) is 5.96. The van der Waals surface area contributed by atoms with Gasteiger partial charge in [0.05, 0.1) is 30.2 Å². The quantitative estimate of drug-likeness (QED) is 0.549. The number of rotatable bonds is 7. The third-order valence-corrected chi connectivity index (χ3v) is 4.24. The van der Waals surface area contributed by atoms with Gasteiger partial charge in [0.1, 0.15) is 23.7 Å². The minimum Gasteiger partial charge on any atom is -0.497 e. The molecule has 1 aromatic carbocycles. The van der Waals surface area contributed by atoms with Crippen molar-refractivity contribution < 1.29 is 18.9 Å². The first kappa shape index (κ1) is 15.9. The van der Waals surface area contributed by atoms with Gasteiger partial charge in [-0.1, -0.05) is 0 Å². The summed E-state index contributed by atoms with van der Waals surface area (Å²) in [5, 5.41) is -0.00567. The zero-order chi connectivity index (χ0) is 14.5. The van der Waals surface area contributed by atoms with Gasteiger partial charge in [0.2, 0.25) is 0 Å². The SMILES string of the molecule is COCCOC1C(Cl)CC1Oc1ccc(OC)cc1Br. The molecule has 1 aliphatic carbocycles. The van der Waals surface area contributed by atoms with Crippen molar-refractivity contribution in [3.8, 4) is 11.5 Å². The molecule has 0 aliphatic heterocycles. The van der Waals surface area contributed by atoms with E-state index in [0.29, 0.717) is 13.2 Å². The minimum absolute atomic E-state index is 0.00567. The summed E-state index contributed by atoms with van der Waals surface area (Å²) in [5.41, 5.74) is 0. The van der Waals surface area contributed by atoms with Crippen LogP contribution in [0.4, 0.5) is 0 Å². The second kappa shape index (κ2) is 7.50. The highest BCUT2D eigenvalue weighted by atomic mass is 79.9. The summed E-state index contributed by atoms with van der Waals surface area (Å²) in [6.07, 6.45) is 0.650. The fourth-order valence-electron chi connectivity index (χ4n) is 1.99. The molecule has 4 nitrogen and oxygen atoms in total. The van der Waals surface area contributed by atoms with E-state index in [1.807, 2.05) is 18.2 Å². The Hall–Kier alpha value is -0.490. The molecule has 20 heavy (non-hydrogen) atoms. The molecular weight excluding hydrogens is 348 g/mol. The number of ether oxygens (including phenoxy) is 4. The van der Waals surface area contributed by atoms with E-state index in [2.05, 4.69) is 15.9 Å². The molecule has 0 radical (unpaired) electrons. The molecule has 1 saturated carbocycles. The molecule has 0 N–H and O–H groups in total. The molecule has 3 atom stereocenters. The highest BCUT2D eigenvalue weighted by molar-refractivity contribution is 9.10. The normalized spacial score (nSPS) is 25.1. The Morgan fingerprint density at radius 3 is 2.70 bits per heavy atom. The fraction of sp³-hybridized carbons (Fsp3) is 0.571. The van der Waals surface area contributed by atoms with Gasteiger partial charge >= 0.3 is 0 Å². The van der Waals surface area contributed by atoms with Crippen LogP contribution in [0.3, 0.4) is 0 Å². The van der Waals surface area contributed by atoms with Crippen molar-refractivity contribution in [2.24, 2.45) is 0 Å². The van der Waals surface area contributed by atoms with Gasteiger partial charge in [-0.15, -0.1) is 11.6 Å². The van der Waals surface area contributed by atoms with Crippen molar-refractivity contribution in [2.75, 3.05) is 27.4 Å². The lowest BCUT2D eigenvalue weighted by molar-refractivity contribution is -0.0900. The van der Waals surface area contributed by atoms with Crippen LogP contribution in [-0.2, 0) is 9.47 Å². The summed E-state index contributed by atoms with van der Waals surface area (Å²) < 4.78 is 22.6. The minimum atomic E-state index is -0.0965. The number of methoxy groups -OCH3 is 2. The van der Waals surface area contributed by atoms with Crippen molar-refractivity contribution in [3.63, 3.8) is 0 Å². The van der Waals surface area contributed by atoms with Gasteiger partial charge in [-0.2, -0.15) is 0 Å². The molecule has 1 aromatic rings. The van der Waals surface area contributed by atoms with Crippen LogP contribution in [0.25, 0.3) is 0 Å². The second-order valence-electron chi connectivity index (χ2n) is 4.53. The molecule has 6 heteroatoms. The van der Waals surface area contributed by atoms with E-state index in [1.54, 1.807) is 14.2 Å². The Labute approximate surface area is 132 Å². The molecule has 1 aliphatic rings. The third-order valence-electron chi connectivity index (χ3n) is 3.20. The van der Waals surface area contributed by atoms with E-state index in [0.717, 1.165) is 22.4 Å². The maximum atomic E-state index is 6.16. The maximum absolute atomic E-state index is 6.16. The molecule has 0 bridgehead atoms. The van der Waals surface area contributed by atoms with Crippen molar-refractivity contribution >= 4 is 27.5 Å². The van der Waals surface area contributed by atoms with Gasteiger partial charge in [-0.25, -0.2) is 0 Å². The average Bonchev–Trinajstić information content (AvgIpc) is 2.44. The smallest absolute Gasteiger partial charge is 0.134 e. The van der Waals surface area contributed by atoms with Crippen LogP contribution in [-0.4, -0.2) is 45.0 Å². The van der Waals surface area contributed by atoms with Crippen LogP contribution in [0.15, 0.2) is 22.7 Å². The molecule has 0 saturated heterocycles. The number of hydrogen-bond acceptors (Lipinski definition) is 4. The Morgan fingerprint density at radius 2 is 2.10 bits per heavy atom. The monoisotopic (exact) mass is 364 g/mol. The number of halogens is 2. The Balaban J connectivity index is 1.92. The highest BCUT2D eigenvalue weighted by Crippen LogP contribution is 2.36. The summed E-state index contributed by atoms with van der Waals surface area (Å²) >= 11 is 9.63. The topological polar surface area (TPSA) is 36.9 Å². The van der Waals surface area contributed by atoms with Gasteiger partial charge in [0, 0.05) is 13.5 Å². The predicted octanol–water partition coefficient (Wildman–Crippen LogP) is 3.25. The van der Waals surface area contributed by atoms with Crippen LogP contribution < -0.4 is 9.47 Å². The van der Waals surface area contributed by atoms with Gasteiger partial charge in [0.15, 0.2) is 0 Å². The Bertz CT molecular complexity index is 443. The van der Waals surface area contributed by atoms with Crippen molar-refractivity contribution in [3.05, 3.63) is 22.7 Å². The van der Waals surface area contributed by atoms with Crippen LogP contribution in [0.5, 0.6) is 11.5 Å². The van der Waals surface area contributed by atoms with Crippen LogP contribution in [0.2, 0.25) is 0 Å². The zero-order valence-electron chi connectivity index (χ0n) is 11.5. The van der Waals surface area contributed by atoms with Gasteiger partial charge in [0.25, 0.3) is 0 Å². The summed E-state index contributed by atoms with van der Waals surface area (Å²) in [6, 6.07) is 5.60. The van der Waals surface area contributed by atoms with Crippen LogP contribution >= 0.6 is 27.5 Å². The lowest BCUT2D eigenvalue weighted by atomic mass is 9.91. The first-order valence-corrected chi connectivity index (χ1v) is 7.63. The largest absolute Gasteiger partial charge is 0.497 e. The highest BCUT2D eigenvalue weighted by Gasteiger charge is 2.43.